The molecule has 3 heteroatoms. The number of rotatable bonds is 3. The van der Waals surface area contributed by atoms with Crippen molar-refractivity contribution < 1.29 is 4.74 Å². The minimum Gasteiger partial charge on any atom is -0.378 e. The Morgan fingerprint density at radius 2 is 2.46 bits per heavy atom. The molecule has 0 bridgehead atoms. The van der Waals surface area contributed by atoms with Gasteiger partial charge < -0.3 is 10.1 Å². The van der Waals surface area contributed by atoms with Crippen molar-refractivity contribution in [3.8, 4) is 6.07 Å². The second-order valence-electron chi connectivity index (χ2n) is 3.62. The van der Waals surface area contributed by atoms with Gasteiger partial charge >= 0.3 is 0 Å². The molecule has 1 N–H and O–H groups in total. The predicted octanol–water partition coefficient (Wildman–Crippen LogP) is 1.45. The van der Waals surface area contributed by atoms with Crippen molar-refractivity contribution in [2.45, 2.75) is 44.2 Å². The SMILES string of the molecule is CCOC1CCCC(C#N)(NC)C1. The van der Waals surface area contributed by atoms with Gasteiger partial charge in [-0.05, 0) is 33.2 Å². The van der Waals surface area contributed by atoms with Gasteiger partial charge in [-0.3, -0.25) is 0 Å². The summed E-state index contributed by atoms with van der Waals surface area (Å²) in [7, 11) is 1.86. The summed E-state index contributed by atoms with van der Waals surface area (Å²) in [5.41, 5.74) is -0.335. The van der Waals surface area contributed by atoms with E-state index in [4.69, 9.17) is 10.00 Å². The first-order valence-electron chi connectivity index (χ1n) is 4.98. The van der Waals surface area contributed by atoms with E-state index in [1.54, 1.807) is 0 Å². The molecule has 1 rings (SSSR count). The molecular formula is C10H18N2O. The van der Waals surface area contributed by atoms with Crippen molar-refractivity contribution in [2.75, 3.05) is 13.7 Å². The first-order valence-corrected chi connectivity index (χ1v) is 4.98. The van der Waals surface area contributed by atoms with Crippen molar-refractivity contribution in [2.24, 2.45) is 0 Å². The fourth-order valence-corrected chi connectivity index (χ4v) is 1.99. The maximum atomic E-state index is 9.06. The molecule has 3 nitrogen and oxygen atoms in total. The van der Waals surface area contributed by atoms with Crippen LogP contribution >= 0.6 is 0 Å². The molecule has 0 amide bonds. The zero-order valence-corrected chi connectivity index (χ0v) is 8.47. The van der Waals surface area contributed by atoms with Gasteiger partial charge in [-0.1, -0.05) is 0 Å². The van der Waals surface area contributed by atoms with Crippen LogP contribution in [0.2, 0.25) is 0 Å². The summed E-state index contributed by atoms with van der Waals surface area (Å²) in [4.78, 5) is 0. The van der Waals surface area contributed by atoms with Crippen molar-refractivity contribution in [1.82, 2.24) is 5.32 Å². The molecule has 2 unspecified atom stereocenters. The first-order chi connectivity index (χ1) is 6.26. The van der Waals surface area contributed by atoms with Gasteiger partial charge in [0.2, 0.25) is 0 Å². The van der Waals surface area contributed by atoms with E-state index in [1.165, 1.54) is 0 Å². The van der Waals surface area contributed by atoms with Gasteiger partial charge in [-0.25, -0.2) is 0 Å². The standard InChI is InChI=1S/C10H18N2O/c1-3-13-9-5-4-6-10(7-9,8-11)12-2/h9,12H,3-7H2,1-2H3. The Morgan fingerprint density at radius 3 is 3.00 bits per heavy atom. The third-order valence-electron chi connectivity index (χ3n) is 2.80. The van der Waals surface area contributed by atoms with Crippen LogP contribution in [0, 0.1) is 11.3 Å². The number of hydrogen-bond donors (Lipinski definition) is 1. The summed E-state index contributed by atoms with van der Waals surface area (Å²) in [6.07, 6.45) is 4.22. The molecule has 74 valence electrons. The smallest absolute Gasteiger partial charge is 0.109 e. The highest BCUT2D eigenvalue weighted by Crippen LogP contribution is 2.29. The zero-order valence-electron chi connectivity index (χ0n) is 8.47. The molecule has 0 heterocycles. The fraction of sp³-hybridized carbons (Fsp3) is 0.900. The van der Waals surface area contributed by atoms with Crippen molar-refractivity contribution in [1.29, 1.82) is 5.26 Å². The minimum atomic E-state index is -0.335. The van der Waals surface area contributed by atoms with Crippen LogP contribution in [0.5, 0.6) is 0 Å². The highest BCUT2D eigenvalue weighted by Gasteiger charge is 2.35. The van der Waals surface area contributed by atoms with E-state index in [-0.39, 0.29) is 11.6 Å². The number of nitrogens with zero attached hydrogens (tertiary/aromatic N) is 1. The molecule has 2 atom stereocenters. The lowest BCUT2D eigenvalue weighted by molar-refractivity contribution is 0.0175. The molecule has 1 saturated carbocycles. The van der Waals surface area contributed by atoms with Crippen LogP contribution in [0.3, 0.4) is 0 Å². The van der Waals surface area contributed by atoms with Crippen LogP contribution in [0.15, 0.2) is 0 Å². The van der Waals surface area contributed by atoms with Gasteiger partial charge in [-0.15, -0.1) is 0 Å². The number of ether oxygens (including phenoxy) is 1. The van der Waals surface area contributed by atoms with Gasteiger partial charge in [0.25, 0.3) is 0 Å². The zero-order chi connectivity index (χ0) is 9.73. The van der Waals surface area contributed by atoms with Crippen LogP contribution in [-0.2, 0) is 4.74 Å². The number of hydrogen-bond acceptors (Lipinski definition) is 3. The molecule has 0 aromatic carbocycles. The molecule has 0 aromatic rings. The number of nitrogens with one attached hydrogen (secondary N) is 1. The molecule has 0 aliphatic heterocycles. The Bertz CT molecular complexity index is 198. The molecule has 0 spiro atoms. The van der Waals surface area contributed by atoms with Crippen molar-refractivity contribution in [3.05, 3.63) is 0 Å². The lowest BCUT2D eigenvalue weighted by atomic mass is 9.81. The Labute approximate surface area is 80.1 Å². The third kappa shape index (κ3) is 2.43. The molecule has 0 aromatic heterocycles. The fourth-order valence-electron chi connectivity index (χ4n) is 1.99. The summed E-state index contributed by atoms with van der Waals surface area (Å²) >= 11 is 0. The predicted molar refractivity (Wildman–Crippen MR) is 51.3 cm³/mol. The van der Waals surface area contributed by atoms with Crippen LogP contribution in [0.4, 0.5) is 0 Å². The molecule has 0 radical (unpaired) electrons. The molecular weight excluding hydrogens is 164 g/mol. The Morgan fingerprint density at radius 1 is 1.69 bits per heavy atom. The Hall–Kier alpha value is -0.590. The molecule has 1 aliphatic rings. The van der Waals surface area contributed by atoms with Crippen LogP contribution in [0.25, 0.3) is 0 Å². The average Bonchev–Trinajstić information content (AvgIpc) is 2.19. The molecule has 1 aliphatic carbocycles. The summed E-state index contributed by atoms with van der Waals surface area (Å²) in [6.45, 7) is 2.75. The minimum absolute atomic E-state index is 0.269. The highest BCUT2D eigenvalue weighted by atomic mass is 16.5. The topological polar surface area (TPSA) is 45.0 Å². The van der Waals surface area contributed by atoms with Gasteiger partial charge in [0.05, 0.1) is 12.2 Å². The van der Waals surface area contributed by atoms with E-state index in [9.17, 15) is 0 Å². The highest BCUT2D eigenvalue weighted by molar-refractivity contribution is 5.09. The van der Waals surface area contributed by atoms with E-state index < -0.39 is 0 Å². The van der Waals surface area contributed by atoms with Crippen LogP contribution < -0.4 is 5.32 Å². The van der Waals surface area contributed by atoms with Gasteiger partial charge in [-0.2, -0.15) is 5.26 Å². The van der Waals surface area contributed by atoms with Crippen LogP contribution in [0.1, 0.15) is 32.6 Å². The van der Waals surface area contributed by atoms with Gasteiger partial charge in [0.15, 0.2) is 0 Å². The number of nitriles is 1. The monoisotopic (exact) mass is 182 g/mol. The van der Waals surface area contributed by atoms with Gasteiger partial charge in [0.1, 0.15) is 5.54 Å². The first kappa shape index (κ1) is 10.5. The average molecular weight is 182 g/mol. The summed E-state index contributed by atoms with van der Waals surface area (Å²) in [6, 6.07) is 2.36. The molecule has 0 saturated heterocycles. The van der Waals surface area contributed by atoms with E-state index in [0.717, 1.165) is 32.3 Å². The van der Waals surface area contributed by atoms with E-state index in [0.29, 0.717) is 0 Å². The molecule has 1 fully saturated rings. The largest absolute Gasteiger partial charge is 0.378 e. The van der Waals surface area contributed by atoms with E-state index in [2.05, 4.69) is 11.4 Å². The Balaban J connectivity index is 2.54. The maximum Gasteiger partial charge on any atom is 0.109 e. The summed E-state index contributed by atoms with van der Waals surface area (Å²) < 4.78 is 5.55. The summed E-state index contributed by atoms with van der Waals surface area (Å²) in [5, 5.41) is 12.2. The van der Waals surface area contributed by atoms with Crippen molar-refractivity contribution >= 4 is 0 Å². The summed E-state index contributed by atoms with van der Waals surface area (Å²) in [5.74, 6) is 0. The maximum absolute atomic E-state index is 9.06. The van der Waals surface area contributed by atoms with E-state index >= 15 is 0 Å². The Kier molecular flexibility index (Phi) is 3.71. The van der Waals surface area contributed by atoms with Crippen LogP contribution in [-0.4, -0.2) is 25.3 Å². The lowest BCUT2D eigenvalue weighted by Crippen LogP contribution is -2.47. The second-order valence-corrected chi connectivity index (χ2v) is 3.62. The third-order valence-corrected chi connectivity index (χ3v) is 2.80. The normalized spacial score (nSPS) is 34.1. The van der Waals surface area contributed by atoms with Gasteiger partial charge in [0, 0.05) is 13.0 Å². The quantitative estimate of drug-likeness (QED) is 0.718. The molecule has 13 heavy (non-hydrogen) atoms. The van der Waals surface area contributed by atoms with Crippen molar-refractivity contribution in [3.63, 3.8) is 0 Å². The van der Waals surface area contributed by atoms with E-state index in [1.807, 2.05) is 14.0 Å². The lowest BCUT2D eigenvalue weighted by Gasteiger charge is -2.35. The second kappa shape index (κ2) is 4.59.